The third-order valence-electron chi connectivity index (χ3n) is 3.65. The third kappa shape index (κ3) is 5.84. The number of rotatable bonds is 8. The number of hydrogen-bond acceptors (Lipinski definition) is 5. The molecule has 0 radical (unpaired) electrons. The van der Waals surface area contributed by atoms with Gasteiger partial charge in [-0.2, -0.15) is 0 Å². The summed E-state index contributed by atoms with van der Waals surface area (Å²) in [7, 11) is 0. The Bertz CT molecular complexity index is 922. The maximum absolute atomic E-state index is 12.1. The van der Waals surface area contributed by atoms with E-state index in [2.05, 4.69) is 15.3 Å². The van der Waals surface area contributed by atoms with Gasteiger partial charge < -0.3 is 14.8 Å². The van der Waals surface area contributed by atoms with E-state index < -0.39 is 0 Å². The Hall–Kier alpha value is -2.83. The van der Waals surface area contributed by atoms with Crippen LogP contribution in [-0.2, 0) is 6.54 Å². The van der Waals surface area contributed by atoms with Crippen LogP contribution in [-0.4, -0.2) is 29.1 Å². The van der Waals surface area contributed by atoms with Crippen LogP contribution >= 0.6 is 23.2 Å². The largest absolute Gasteiger partial charge is 0.490 e. The number of hydrogen-bond donors (Lipinski definition) is 1. The number of carbonyl (C=O) groups is 1. The average Bonchev–Trinajstić information content (AvgIpc) is 2.73. The molecular weight excluding hydrogens is 401 g/mol. The minimum absolute atomic E-state index is 0.159. The molecule has 3 aromatic rings. The van der Waals surface area contributed by atoms with Gasteiger partial charge in [0.05, 0.1) is 10.6 Å². The fourth-order valence-corrected chi connectivity index (χ4v) is 2.52. The van der Waals surface area contributed by atoms with Gasteiger partial charge in [0, 0.05) is 25.0 Å². The molecule has 0 atom stereocenters. The van der Waals surface area contributed by atoms with E-state index >= 15 is 0 Å². The van der Waals surface area contributed by atoms with Gasteiger partial charge in [-0.1, -0.05) is 47.5 Å². The van der Waals surface area contributed by atoms with Gasteiger partial charge >= 0.3 is 0 Å². The van der Waals surface area contributed by atoms with Crippen LogP contribution in [0, 0.1) is 0 Å². The summed E-state index contributed by atoms with van der Waals surface area (Å²) in [6.07, 6.45) is 3.01. The molecule has 6 nitrogen and oxygen atoms in total. The number of amides is 1. The van der Waals surface area contributed by atoms with Crippen molar-refractivity contribution < 1.29 is 14.3 Å². The quantitative estimate of drug-likeness (QED) is 0.439. The number of nitrogens with one attached hydrogen (secondary N) is 1. The molecule has 28 heavy (non-hydrogen) atoms. The predicted octanol–water partition coefficient (Wildman–Crippen LogP) is 4.17. The van der Waals surface area contributed by atoms with Gasteiger partial charge in [-0.15, -0.1) is 0 Å². The van der Waals surface area contributed by atoms with Gasteiger partial charge in [-0.3, -0.25) is 4.79 Å². The molecule has 2 heterocycles. The molecule has 0 aliphatic heterocycles. The highest BCUT2D eigenvalue weighted by molar-refractivity contribution is 6.41. The van der Waals surface area contributed by atoms with Crippen LogP contribution in [0.2, 0.25) is 10.2 Å². The second-order valence-corrected chi connectivity index (χ2v) is 6.46. The molecule has 1 aromatic carbocycles. The van der Waals surface area contributed by atoms with Crippen molar-refractivity contribution in [2.24, 2.45) is 0 Å². The lowest BCUT2D eigenvalue weighted by Gasteiger charge is -2.09. The lowest BCUT2D eigenvalue weighted by Crippen LogP contribution is -2.23. The molecule has 8 heteroatoms. The molecule has 2 aromatic heterocycles. The van der Waals surface area contributed by atoms with Crippen molar-refractivity contribution in [3.63, 3.8) is 0 Å². The molecule has 0 saturated heterocycles. The van der Waals surface area contributed by atoms with Gasteiger partial charge in [0.1, 0.15) is 24.1 Å². The summed E-state index contributed by atoms with van der Waals surface area (Å²) in [6, 6.07) is 14.6. The lowest BCUT2D eigenvalue weighted by atomic mass is 10.2. The number of benzene rings is 1. The summed E-state index contributed by atoms with van der Waals surface area (Å²) >= 11 is 11.6. The number of para-hydroxylation sites is 1. The minimum atomic E-state index is -0.301. The Morgan fingerprint density at radius 3 is 2.46 bits per heavy atom. The maximum atomic E-state index is 12.1. The van der Waals surface area contributed by atoms with E-state index in [9.17, 15) is 4.79 Å². The van der Waals surface area contributed by atoms with Gasteiger partial charge in [-0.05, 0) is 23.8 Å². The van der Waals surface area contributed by atoms with Crippen molar-refractivity contribution in [3.8, 4) is 11.6 Å². The molecule has 1 amide bonds. The summed E-state index contributed by atoms with van der Waals surface area (Å²) in [4.78, 5) is 20.2. The Morgan fingerprint density at radius 1 is 0.964 bits per heavy atom. The van der Waals surface area contributed by atoms with E-state index in [0.29, 0.717) is 31.2 Å². The molecule has 0 unspecified atom stereocenters. The third-order valence-corrected chi connectivity index (χ3v) is 4.34. The van der Waals surface area contributed by atoms with Crippen molar-refractivity contribution in [2.45, 2.75) is 6.54 Å². The predicted molar refractivity (Wildman–Crippen MR) is 107 cm³/mol. The fraction of sp³-hybridized carbons (Fsp3) is 0.150. The molecule has 0 aliphatic carbocycles. The monoisotopic (exact) mass is 417 g/mol. The number of aromatic nitrogens is 2. The van der Waals surface area contributed by atoms with Crippen molar-refractivity contribution in [1.82, 2.24) is 15.3 Å². The maximum Gasteiger partial charge on any atom is 0.253 e. The van der Waals surface area contributed by atoms with Gasteiger partial charge in [-0.25, -0.2) is 9.97 Å². The average molecular weight is 418 g/mol. The summed E-state index contributed by atoms with van der Waals surface area (Å²) in [5, 5.41) is 3.16. The second kappa shape index (κ2) is 9.92. The summed E-state index contributed by atoms with van der Waals surface area (Å²) in [5.41, 5.74) is 1.16. The van der Waals surface area contributed by atoms with E-state index in [4.69, 9.17) is 32.7 Å². The standard InChI is InChI=1S/C20H17Cl2N3O3/c21-17-10-15(13-24-19(17)22)20(26)25-12-14-6-7-18(23-11-14)28-9-8-27-16-4-2-1-3-5-16/h1-7,10-11,13H,8-9,12H2,(H,25,26). The Balaban J connectivity index is 1.42. The van der Waals surface area contributed by atoms with Crippen LogP contribution in [0.25, 0.3) is 0 Å². The van der Waals surface area contributed by atoms with E-state index in [0.717, 1.165) is 11.3 Å². The smallest absolute Gasteiger partial charge is 0.253 e. The normalized spacial score (nSPS) is 10.4. The molecule has 0 saturated carbocycles. The first-order chi connectivity index (χ1) is 13.6. The van der Waals surface area contributed by atoms with Crippen molar-refractivity contribution in [3.05, 3.63) is 82.2 Å². The van der Waals surface area contributed by atoms with Crippen LogP contribution in [0.3, 0.4) is 0 Å². The lowest BCUT2D eigenvalue weighted by molar-refractivity contribution is 0.0950. The van der Waals surface area contributed by atoms with Gasteiger partial charge in [0.25, 0.3) is 5.91 Å². The molecule has 3 rings (SSSR count). The van der Waals surface area contributed by atoms with Crippen LogP contribution in [0.15, 0.2) is 60.9 Å². The van der Waals surface area contributed by atoms with E-state index in [1.165, 1.54) is 12.3 Å². The van der Waals surface area contributed by atoms with Crippen molar-refractivity contribution in [1.29, 1.82) is 0 Å². The summed E-state index contributed by atoms with van der Waals surface area (Å²) in [5.74, 6) is 0.979. The zero-order chi connectivity index (χ0) is 19.8. The topological polar surface area (TPSA) is 73.3 Å². The first-order valence-electron chi connectivity index (χ1n) is 8.46. The van der Waals surface area contributed by atoms with Crippen LogP contribution in [0.4, 0.5) is 0 Å². The van der Waals surface area contributed by atoms with E-state index in [1.54, 1.807) is 12.3 Å². The SMILES string of the molecule is O=C(NCc1ccc(OCCOc2ccccc2)nc1)c1cnc(Cl)c(Cl)c1. The molecule has 144 valence electrons. The molecule has 0 aliphatic rings. The number of pyridine rings is 2. The zero-order valence-electron chi connectivity index (χ0n) is 14.8. The highest BCUT2D eigenvalue weighted by Crippen LogP contribution is 2.19. The molecular formula is C20H17Cl2N3O3. The molecule has 0 spiro atoms. The Kier molecular flexibility index (Phi) is 7.06. The first kappa shape index (κ1) is 19.9. The van der Waals surface area contributed by atoms with Gasteiger partial charge in [0.15, 0.2) is 0 Å². The van der Waals surface area contributed by atoms with Crippen LogP contribution in [0.5, 0.6) is 11.6 Å². The number of halogens is 2. The minimum Gasteiger partial charge on any atom is -0.490 e. The van der Waals surface area contributed by atoms with Crippen molar-refractivity contribution in [2.75, 3.05) is 13.2 Å². The summed E-state index contributed by atoms with van der Waals surface area (Å²) < 4.78 is 11.1. The zero-order valence-corrected chi connectivity index (χ0v) is 16.3. The second-order valence-electron chi connectivity index (χ2n) is 5.69. The number of carbonyl (C=O) groups excluding carboxylic acids is 1. The molecule has 1 N–H and O–H groups in total. The number of nitrogens with zero attached hydrogens (tertiary/aromatic N) is 2. The van der Waals surface area contributed by atoms with E-state index in [1.807, 2.05) is 36.4 Å². The van der Waals surface area contributed by atoms with Crippen LogP contribution < -0.4 is 14.8 Å². The highest BCUT2D eigenvalue weighted by atomic mass is 35.5. The van der Waals surface area contributed by atoms with Crippen molar-refractivity contribution >= 4 is 29.1 Å². The Labute approximate surface area is 172 Å². The molecule has 0 fully saturated rings. The van der Waals surface area contributed by atoms with Crippen LogP contribution in [0.1, 0.15) is 15.9 Å². The van der Waals surface area contributed by atoms with Gasteiger partial charge in [0.2, 0.25) is 5.88 Å². The molecule has 0 bridgehead atoms. The van der Waals surface area contributed by atoms with E-state index in [-0.39, 0.29) is 16.1 Å². The first-order valence-corrected chi connectivity index (χ1v) is 9.22. The fourth-order valence-electron chi connectivity index (χ4n) is 2.25. The highest BCUT2D eigenvalue weighted by Gasteiger charge is 2.09. The Morgan fingerprint density at radius 2 is 1.75 bits per heavy atom. The summed E-state index contributed by atoms with van der Waals surface area (Å²) in [6.45, 7) is 1.10. The number of ether oxygens (including phenoxy) is 2.